The smallest absolute Gasteiger partial charge is 0.321 e. The molecule has 0 aliphatic carbocycles. The maximum absolute atomic E-state index is 11.7. The van der Waals surface area contributed by atoms with Crippen molar-refractivity contribution in [3.63, 3.8) is 0 Å². The van der Waals surface area contributed by atoms with Crippen LogP contribution in [0.1, 0.15) is 12.5 Å². The van der Waals surface area contributed by atoms with Crippen LogP contribution in [0.3, 0.4) is 0 Å². The Labute approximate surface area is 106 Å². The lowest BCUT2D eigenvalue weighted by molar-refractivity contribution is -0.156. The minimum Gasteiger partial charge on any atom is -0.392 e. The van der Waals surface area contributed by atoms with E-state index in [0.717, 1.165) is 6.54 Å². The zero-order valence-corrected chi connectivity index (χ0v) is 10.3. The van der Waals surface area contributed by atoms with Crippen LogP contribution in [0.4, 0.5) is 0 Å². The van der Waals surface area contributed by atoms with Gasteiger partial charge >= 0.3 is 11.9 Å². The van der Waals surface area contributed by atoms with Gasteiger partial charge in [-0.15, -0.1) is 0 Å². The second-order valence-electron chi connectivity index (χ2n) is 5.33. The van der Waals surface area contributed by atoms with E-state index in [0.29, 0.717) is 13.1 Å². The van der Waals surface area contributed by atoms with Crippen LogP contribution in [0.15, 0.2) is 30.3 Å². The lowest BCUT2D eigenvalue weighted by Gasteiger charge is -2.19. The Kier molecular flexibility index (Phi) is 2.48. The van der Waals surface area contributed by atoms with Crippen LogP contribution in [-0.2, 0) is 20.9 Å². The van der Waals surface area contributed by atoms with Gasteiger partial charge in [0.05, 0.1) is 11.3 Å². The molecule has 2 atom stereocenters. The summed E-state index contributed by atoms with van der Waals surface area (Å²) in [5.74, 6) is -1.03. The number of carbonyl (C=O) groups is 2. The van der Waals surface area contributed by atoms with Crippen LogP contribution in [0.2, 0.25) is 0 Å². The summed E-state index contributed by atoms with van der Waals surface area (Å²) in [5.41, 5.74) is 0.549. The molecule has 0 unspecified atom stereocenters. The van der Waals surface area contributed by atoms with Crippen molar-refractivity contribution in [2.24, 2.45) is 11.3 Å². The number of benzene rings is 1. The molecule has 94 valence electrons. The topological polar surface area (TPSA) is 46.6 Å². The first-order chi connectivity index (χ1) is 8.59. The first kappa shape index (κ1) is 11.4. The van der Waals surface area contributed by atoms with E-state index in [2.05, 4.69) is 17.0 Å². The fourth-order valence-corrected chi connectivity index (χ4v) is 2.88. The van der Waals surface area contributed by atoms with Gasteiger partial charge in [0, 0.05) is 19.6 Å². The van der Waals surface area contributed by atoms with Gasteiger partial charge < -0.3 is 4.74 Å². The summed E-state index contributed by atoms with van der Waals surface area (Å²) in [4.78, 5) is 25.5. The number of hydrogen-bond donors (Lipinski definition) is 0. The van der Waals surface area contributed by atoms with Gasteiger partial charge in [-0.05, 0) is 12.5 Å². The molecule has 2 saturated heterocycles. The molecule has 18 heavy (non-hydrogen) atoms. The van der Waals surface area contributed by atoms with E-state index in [9.17, 15) is 9.59 Å². The number of likely N-dealkylation sites (tertiary alicyclic amines) is 1. The van der Waals surface area contributed by atoms with E-state index in [1.807, 2.05) is 25.1 Å². The molecule has 4 heteroatoms. The molecule has 1 aromatic carbocycles. The van der Waals surface area contributed by atoms with Gasteiger partial charge in [0.1, 0.15) is 0 Å². The van der Waals surface area contributed by atoms with Crippen molar-refractivity contribution in [1.82, 2.24) is 4.90 Å². The summed E-state index contributed by atoms with van der Waals surface area (Å²) in [5, 5.41) is 0. The standard InChI is InChI=1S/C14H15NO3/c1-14-9-15(7-10-5-3-2-4-6-10)8-11(14)12(16)18-13(14)17/h2-6,11H,7-9H2,1H3/t11-,14+/m0/s1. The number of rotatable bonds is 2. The van der Waals surface area contributed by atoms with Crippen molar-refractivity contribution >= 4 is 11.9 Å². The molecule has 2 fully saturated rings. The van der Waals surface area contributed by atoms with Crippen LogP contribution in [-0.4, -0.2) is 29.9 Å². The van der Waals surface area contributed by atoms with E-state index >= 15 is 0 Å². The third-order valence-electron chi connectivity index (χ3n) is 3.96. The Morgan fingerprint density at radius 1 is 1.33 bits per heavy atom. The maximum atomic E-state index is 11.7. The average Bonchev–Trinajstić information content (AvgIpc) is 2.77. The Morgan fingerprint density at radius 3 is 2.72 bits per heavy atom. The molecule has 0 aromatic heterocycles. The number of nitrogens with zero attached hydrogens (tertiary/aromatic N) is 1. The normalized spacial score (nSPS) is 31.5. The highest BCUT2D eigenvalue weighted by Crippen LogP contribution is 2.42. The average molecular weight is 245 g/mol. The number of ether oxygens (including phenoxy) is 1. The highest BCUT2D eigenvalue weighted by Gasteiger charge is 2.59. The minimum atomic E-state index is -0.647. The van der Waals surface area contributed by atoms with Crippen molar-refractivity contribution in [1.29, 1.82) is 0 Å². The van der Waals surface area contributed by atoms with E-state index in [1.165, 1.54) is 5.56 Å². The van der Waals surface area contributed by atoms with Crippen LogP contribution < -0.4 is 0 Å². The maximum Gasteiger partial charge on any atom is 0.321 e. The van der Waals surface area contributed by atoms with Crippen LogP contribution in [0, 0.1) is 11.3 Å². The van der Waals surface area contributed by atoms with E-state index in [-0.39, 0.29) is 17.9 Å². The molecule has 0 spiro atoms. The zero-order chi connectivity index (χ0) is 12.8. The second kappa shape index (κ2) is 3.92. The molecule has 2 aliphatic rings. The molecule has 4 nitrogen and oxygen atoms in total. The lowest BCUT2D eigenvalue weighted by Crippen LogP contribution is -2.31. The molecule has 0 N–H and O–H groups in total. The van der Waals surface area contributed by atoms with E-state index in [4.69, 9.17) is 4.74 Å². The highest BCUT2D eigenvalue weighted by molar-refractivity contribution is 5.99. The molecular weight excluding hydrogens is 230 g/mol. The fraction of sp³-hybridized carbons (Fsp3) is 0.429. The van der Waals surface area contributed by atoms with Gasteiger partial charge in [-0.3, -0.25) is 14.5 Å². The van der Waals surface area contributed by atoms with Crippen molar-refractivity contribution in [2.75, 3.05) is 13.1 Å². The Hall–Kier alpha value is -1.68. The highest BCUT2D eigenvalue weighted by atomic mass is 16.6. The summed E-state index contributed by atoms with van der Waals surface area (Å²) in [7, 11) is 0. The van der Waals surface area contributed by atoms with Crippen molar-refractivity contribution in [3.8, 4) is 0 Å². The predicted molar refractivity (Wildman–Crippen MR) is 64.4 cm³/mol. The molecule has 2 aliphatic heterocycles. The van der Waals surface area contributed by atoms with E-state index < -0.39 is 5.41 Å². The molecule has 0 radical (unpaired) electrons. The molecule has 3 rings (SSSR count). The lowest BCUT2D eigenvalue weighted by atomic mass is 9.82. The Balaban J connectivity index is 1.76. The minimum absolute atomic E-state index is 0.297. The first-order valence-corrected chi connectivity index (χ1v) is 6.12. The van der Waals surface area contributed by atoms with Crippen LogP contribution >= 0.6 is 0 Å². The zero-order valence-electron chi connectivity index (χ0n) is 10.3. The summed E-state index contributed by atoms with van der Waals surface area (Å²) >= 11 is 0. The quantitative estimate of drug-likeness (QED) is 0.580. The molecule has 0 amide bonds. The SMILES string of the molecule is C[C@@]12CN(Cc3ccccc3)C[C@H]1C(=O)OC2=O. The van der Waals surface area contributed by atoms with Gasteiger partial charge in [-0.2, -0.15) is 0 Å². The molecule has 1 aromatic rings. The fourth-order valence-electron chi connectivity index (χ4n) is 2.88. The van der Waals surface area contributed by atoms with Gasteiger partial charge in [-0.1, -0.05) is 30.3 Å². The van der Waals surface area contributed by atoms with Crippen molar-refractivity contribution in [2.45, 2.75) is 13.5 Å². The van der Waals surface area contributed by atoms with Gasteiger partial charge in [-0.25, -0.2) is 0 Å². The van der Waals surface area contributed by atoms with Gasteiger partial charge in [0.2, 0.25) is 0 Å². The molecule has 0 bridgehead atoms. The predicted octanol–water partition coefficient (Wildman–Crippen LogP) is 1.21. The Bertz CT molecular complexity index is 499. The van der Waals surface area contributed by atoms with Crippen molar-refractivity contribution in [3.05, 3.63) is 35.9 Å². The summed E-state index contributed by atoms with van der Waals surface area (Å²) in [6.45, 7) is 3.80. The third kappa shape index (κ3) is 1.64. The van der Waals surface area contributed by atoms with Crippen LogP contribution in [0.5, 0.6) is 0 Å². The second-order valence-corrected chi connectivity index (χ2v) is 5.33. The largest absolute Gasteiger partial charge is 0.392 e. The molecule has 2 heterocycles. The first-order valence-electron chi connectivity index (χ1n) is 6.12. The summed E-state index contributed by atoms with van der Waals surface area (Å²) in [6, 6.07) is 10.1. The number of cyclic esters (lactones) is 2. The molecular formula is C14H15NO3. The van der Waals surface area contributed by atoms with Crippen LogP contribution in [0.25, 0.3) is 0 Å². The van der Waals surface area contributed by atoms with Gasteiger partial charge in [0.15, 0.2) is 0 Å². The van der Waals surface area contributed by atoms with Gasteiger partial charge in [0.25, 0.3) is 0 Å². The number of esters is 2. The Morgan fingerprint density at radius 2 is 2.06 bits per heavy atom. The van der Waals surface area contributed by atoms with Crippen molar-refractivity contribution < 1.29 is 14.3 Å². The van der Waals surface area contributed by atoms with E-state index in [1.54, 1.807) is 0 Å². The third-order valence-corrected chi connectivity index (χ3v) is 3.96. The number of hydrogen-bond acceptors (Lipinski definition) is 4. The number of carbonyl (C=O) groups excluding carboxylic acids is 2. The summed E-state index contributed by atoms with van der Waals surface area (Å²) < 4.78 is 4.73. The summed E-state index contributed by atoms with van der Waals surface area (Å²) in [6.07, 6.45) is 0. The molecule has 0 saturated carbocycles. The monoisotopic (exact) mass is 245 g/mol. The number of fused-ring (bicyclic) bond motifs is 1.